The van der Waals surface area contributed by atoms with Gasteiger partial charge in [-0.05, 0) is 12.5 Å². The number of carbonyl (C=O) groups is 1. The molecule has 0 spiro atoms. The topological polar surface area (TPSA) is 92.5 Å². The van der Waals surface area contributed by atoms with Gasteiger partial charge in [0.1, 0.15) is 0 Å². The second-order valence-electron chi connectivity index (χ2n) is 5.44. The van der Waals surface area contributed by atoms with Crippen molar-refractivity contribution in [2.24, 2.45) is 7.05 Å². The summed E-state index contributed by atoms with van der Waals surface area (Å²) >= 11 is 0. The standard InChI is InChI=1S/C13H21N3O4S/c1-3-10-6-11(15(2)14-10)8-16-4-5-21(19,20)9-12(16)7-13(17)18/h6,12H,3-5,7-9H2,1-2H3,(H,17,18). The molecule has 1 aliphatic heterocycles. The Kier molecular flexibility index (Phi) is 4.67. The number of aryl methyl sites for hydroxylation is 2. The maximum Gasteiger partial charge on any atom is 0.304 e. The third kappa shape index (κ3) is 4.04. The maximum absolute atomic E-state index is 11.7. The van der Waals surface area contributed by atoms with Crippen molar-refractivity contribution in [2.75, 3.05) is 18.1 Å². The summed E-state index contributed by atoms with van der Waals surface area (Å²) in [5, 5.41) is 13.3. The van der Waals surface area contributed by atoms with Crippen molar-refractivity contribution < 1.29 is 18.3 Å². The number of hydrogen-bond donors (Lipinski definition) is 1. The third-order valence-electron chi connectivity index (χ3n) is 3.82. The van der Waals surface area contributed by atoms with Crippen LogP contribution in [0.1, 0.15) is 24.7 Å². The van der Waals surface area contributed by atoms with E-state index in [4.69, 9.17) is 5.11 Å². The molecule has 1 fully saturated rings. The Morgan fingerprint density at radius 3 is 2.81 bits per heavy atom. The first-order chi connectivity index (χ1) is 9.80. The normalized spacial score (nSPS) is 22.3. The van der Waals surface area contributed by atoms with E-state index in [0.717, 1.165) is 17.8 Å². The molecule has 21 heavy (non-hydrogen) atoms. The summed E-state index contributed by atoms with van der Waals surface area (Å²) < 4.78 is 25.2. The molecular formula is C13H21N3O4S. The largest absolute Gasteiger partial charge is 0.481 e. The van der Waals surface area contributed by atoms with Crippen molar-refractivity contribution in [3.8, 4) is 0 Å². The Labute approximate surface area is 124 Å². The molecule has 0 radical (unpaired) electrons. The number of rotatable bonds is 5. The number of aromatic nitrogens is 2. The van der Waals surface area contributed by atoms with Gasteiger partial charge in [0.2, 0.25) is 0 Å². The average molecular weight is 315 g/mol. The number of carboxylic acids is 1. The molecule has 0 amide bonds. The second-order valence-corrected chi connectivity index (χ2v) is 7.67. The first-order valence-corrected chi connectivity index (χ1v) is 8.81. The van der Waals surface area contributed by atoms with Crippen LogP contribution in [-0.2, 0) is 34.6 Å². The molecule has 1 saturated heterocycles. The minimum absolute atomic E-state index is 0.0849. The number of hydrogen-bond acceptors (Lipinski definition) is 5. The molecule has 0 aromatic carbocycles. The lowest BCUT2D eigenvalue weighted by atomic mass is 10.2. The highest BCUT2D eigenvalue weighted by Crippen LogP contribution is 2.18. The molecule has 1 aliphatic rings. The molecule has 1 N–H and O–H groups in total. The van der Waals surface area contributed by atoms with Crippen LogP contribution >= 0.6 is 0 Å². The molecule has 2 heterocycles. The van der Waals surface area contributed by atoms with Crippen molar-refractivity contribution in [3.63, 3.8) is 0 Å². The lowest BCUT2D eigenvalue weighted by Gasteiger charge is -2.34. The first-order valence-electron chi connectivity index (χ1n) is 6.99. The summed E-state index contributed by atoms with van der Waals surface area (Å²) in [4.78, 5) is 12.9. The monoisotopic (exact) mass is 315 g/mol. The lowest BCUT2D eigenvalue weighted by molar-refractivity contribution is -0.138. The van der Waals surface area contributed by atoms with E-state index in [1.54, 1.807) is 4.68 Å². The molecule has 0 bridgehead atoms. The van der Waals surface area contributed by atoms with Crippen molar-refractivity contribution in [3.05, 3.63) is 17.5 Å². The Balaban J connectivity index is 2.15. The van der Waals surface area contributed by atoms with Crippen LogP contribution in [0.3, 0.4) is 0 Å². The van der Waals surface area contributed by atoms with Gasteiger partial charge in [0.15, 0.2) is 9.84 Å². The van der Waals surface area contributed by atoms with Crippen molar-refractivity contribution in [1.29, 1.82) is 0 Å². The van der Waals surface area contributed by atoms with Gasteiger partial charge in [-0.2, -0.15) is 5.10 Å². The Hall–Kier alpha value is -1.41. The van der Waals surface area contributed by atoms with Gasteiger partial charge in [-0.25, -0.2) is 8.42 Å². The van der Waals surface area contributed by atoms with Gasteiger partial charge < -0.3 is 5.11 Å². The van der Waals surface area contributed by atoms with Gasteiger partial charge in [0.25, 0.3) is 0 Å². The Morgan fingerprint density at radius 2 is 2.24 bits per heavy atom. The molecule has 8 heteroatoms. The van der Waals surface area contributed by atoms with Crippen LogP contribution in [-0.4, -0.2) is 58.3 Å². The van der Waals surface area contributed by atoms with Gasteiger partial charge in [-0.15, -0.1) is 0 Å². The predicted octanol–water partition coefficient (Wildman–Crippen LogP) is 0.0562. The molecule has 1 aromatic heterocycles. The van der Waals surface area contributed by atoms with E-state index in [0.29, 0.717) is 13.1 Å². The lowest BCUT2D eigenvalue weighted by Crippen LogP contribution is -2.49. The zero-order chi connectivity index (χ0) is 15.6. The zero-order valence-corrected chi connectivity index (χ0v) is 13.1. The van der Waals surface area contributed by atoms with Crippen molar-refractivity contribution in [2.45, 2.75) is 32.4 Å². The number of sulfone groups is 1. The summed E-state index contributed by atoms with van der Waals surface area (Å²) in [5.41, 5.74) is 1.95. The predicted molar refractivity (Wildman–Crippen MR) is 77.7 cm³/mol. The van der Waals surface area contributed by atoms with E-state index in [2.05, 4.69) is 5.10 Å². The van der Waals surface area contributed by atoms with Gasteiger partial charge in [0.05, 0.1) is 29.3 Å². The van der Waals surface area contributed by atoms with Crippen LogP contribution in [0.4, 0.5) is 0 Å². The molecule has 1 aromatic rings. The number of aliphatic carboxylic acids is 1. The minimum Gasteiger partial charge on any atom is -0.481 e. The minimum atomic E-state index is -3.14. The molecule has 0 saturated carbocycles. The van der Waals surface area contributed by atoms with Crippen LogP contribution in [0.15, 0.2) is 6.07 Å². The summed E-state index contributed by atoms with van der Waals surface area (Å²) in [6, 6.07) is 1.52. The fourth-order valence-corrected chi connectivity index (χ4v) is 4.21. The smallest absolute Gasteiger partial charge is 0.304 e. The van der Waals surface area contributed by atoms with Gasteiger partial charge in [-0.1, -0.05) is 6.92 Å². The fraction of sp³-hybridized carbons (Fsp3) is 0.692. The van der Waals surface area contributed by atoms with E-state index in [1.165, 1.54) is 0 Å². The van der Waals surface area contributed by atoms with E-state index < -0.39 is 21.8 Å². The highest BCUT2D eigenvalue weighted by atomic mass is 32.2. The third-order valence-corrected chi connectivity index (χ3v) is 5.51. The van der Waals surface area contributed by atoms with Gasteiger partial charge in [0, 0.05) is 26.2 Å². The van der Waals surface area contributed by atoms with Crippen LogP contribution in [0.25, 0.3) is 0 Å². The van der Waals surface area contributed by atoms with Crippen LogP contribution in [0, 0.1) is 0 Å². The molecule has 1 unspecified atom stereocenters. The maximum atomic E-state index is 11.7. The Bertz CT molecular complexity index is 623. The van der Waals surface area contributed by atoms with E-state index in [-0.39, 0.29) is 17.9 Å². The highest BCUT2D eigenvalue weighted by Gasteiger charge is 2.33. The summed E-state index contributed by atoms with van der Waals surface area (Å²) in [6.07, 6.45) is 0.679. The van der Waals surface area contributed by atoms with Gasteiger partial charge >= 0.3 is 5.97 Å². The number of nitrogens with zero attached hydrogens (tertiary/aromatic N) is 3. The summed E-state index contributed by atoms with van der Waals surface area (Å²) in [6.45, 7) is 2.91. The summed E-state index contributed by atoms with van der Waals surface area (Å²) in [7, 11) is -1.29. The van der Waals surface area contributed by atoms with Crippen LogP contribution in [0.2, 0.25) is 0 Å². The van der Waals surface area contributed by atoms with Crippen LogP contribution < -0.4 is 0 Å². The van der Waals surface area contributed by atoms with Gasteiger partial charge in [-0.3, -0.25) is 14.4 Å². The molecule has 0 aliphatic carbocycles. The average Bonchev–Trinajstić information content (AvgIpc) is 2.72. The van der Waals surface area contributed by atoms with E-state index >= 15 is 0 Å². The SMILES string of the molecule is CCc1cc(CN2CCS(=O)(=O)CC2CC(=O)O)n(C)n1. The molecule has 2 rings (SSSR count). The molecule has 118 valence electrons. The quantitative estimate of drug-likeness (QED) is 0.826. The first kappa shape index (κ1) is 16.0. The highest BCUT2D eigenvalue weighted by molar-refractivity contribution is 7.91. The van der Waals surface area contributed by atoms with E-state index in [1.807, 2.05) is 24.9 Å². The molecule has 1 atom stereocenters. The van der Waals surface area contributed by atoms with E-state index in [9.17, 15) is 13.2 Å². The van der Waals surface area contributed by atoms with Crippen molar-refractivity contribution >= 4 is 15.8 Å². The zero-order valence-electron chi connectivity index (χ0n) is 12.3. The molecule has 7 nitrogen and oxygen atoms in total. The summed E-state index contributed by atoms with van der Waals surface area (Å²) in [5.74, 6) is -0.972. The van der Waals surface area contributed by atoms with Crippen molar-refractivity contribution in [1.82, 2.24) is 14.7 Å². The fourth-order valence-electron chi connectivity index (χ4n) is 2.62. The molecular weight excluding hydrogens is 294 g/mol. The van der Waals surface area contributed by atoms with Crippen LogP contribution in [0.5, 0.6) is 0 Å². The second kappa shape index (κ2) is 6.15. The Morgan fingerprint density at radius 1 is 1.52 bits per heavy atom. The number of carboxylic acid groups (broad SMARTS) is 1.